The molecule has 2 aliphatic rings. The van der Waals surface area contributed by atoms with Crippen LogP contribution in [0, 0.1) is 17.8 Å². The van der Waals surface area contributed by atoms with Crippen molar-refractivity contribution < 1.29 is 52.3 Å². The van der Waals surface area contributed by atoms with Crippen molar-refractivity contribution in [2.24, 2.45) is 17.8 Å². The van der Waals surface area contributed by atoms with Crippen LogP contribution in [0.15, 0.2) is 8.96 Å². The van der Waals surface area contributed by atoms with Gasteiger partial charge in [-0.3, -0.25) is 19.3 Å². The third-order valence-corrected chi connectivity index (χ3v) is 10.4. The minimum absolute atomic E-state index is 0.154. The number of halogens is 2. The molecule has 2 N–H and O–H groups in total. The first-order valence-electron chi connectivity index (χ1n) is 17.5. The van der Waals surface area contributed by atoms with Gasteiger partial charge >= 0.3 is 6.09 Å². The van der Waals surface area contributed by atoms with Crippen molar-refractivity contribution in [3.8, 4) is 0 Å². The van der Waals surface area contributed by atoms with Crippen molar-refractivity contribution in [1.29, 1.82) is 0 Å². The van der Waals surface area contributed by atoms with E-state index < -0.39 is 24.5 Å². The first-order chi connectivity index (χ1) is 25.3. The van der Waals surface area contributed by atoms with Crippen molar-refractivity contribution >= 4 is 56.2 Å². The van der Waals surface area contributed by atoms with Crippen LogP contribution in [0.2, 0.25) is 0 Å². The van der Waals surface area contributed by atoms with Gasteiger partial charge in [-0.15, -0.1) is 5.10 Å². The molecule has 1 heterocycles. The molecule has 17 nitrogen and oxygen atoms in total. The Morgan fingerprint density at radius 3 is 2.04 bits per heavy atom. The molecular weight excluding hydrogens is 816 g/mol. The molecule has 0 radical (unpaired) electrons. The summed E-state index contributed by atoms with van der Waals surface area (Å²) in [5.41, 5.74) is 2.23. The maximum Gasteiger partial charge on any atom is 0.407 e. The lowest BCUT2D eigenvalue weighted by Crippen LogP contribution is -2.41. The summed E-state index contributed by atoms with van der Waals surface area (Å²) in [4.78, 5) is 48.4. The van der Waals surface area contributed by atoms with Crippen LogP contribution in [0.5, 0.6) is 0 Å². The molecule has 2 aliphatic carbocycles. The van der Waals surface area contributed by atoms with Gasteiger partial charge in [0.2, 0.25) is 12.3 Å². The topological polar surface area (TPSA) is 191 Å². The summed E-state index contributed by atoms with van der Waals surface area (Å²) in [7, 11) is 1.64. The summed E-state index contributed by atoms with van der Waals surface area (Å²) >= 11 is 6.23. The lowest BCUT2D eigenvalue weighted by molar-refractivity contribution is -0.139. The molecule has 0 spiro atoms. The Bertz CT molecular complexity index is 1280. The molecule has 3 rings (SSSR count). The number of fused-ring (bicyclic) bond motifs is 2. The molecule has 1 aromatic rings. The predicted octanol–water partition coefficient (Wildman–Crippen LogP) is 1.60. The number of carbonyl (C=O) groups is 4. The maximum atomic E-state index is 12.2. The van der Waals surface area contributed by atoms with E-state index in [4.69, 9.17) is 33.2 Å². The average molecular weight is 869 g/mol. The average Bonchev–Trinajstić information content (AvgIpc) is 3.64. The van der Waals surface area contributed by atoms with Crippen LogP contribution in [0.25, 0.3) is 0 Å². The minimum atomic E-state index is -0.627. The zero-order valence-corrected chi connectivity index (χ0v) is 33.2. The lowest BCUT2D eigenvalue weighted by atomic mass is 10.0. The molecule has 1 saturated carbocycles. The molecule has 0 aromatic carbocycles. The minimum Gasteiger partial charge on any atom is -0.449 e. The Kier molecular flexibility index (Phi) is 21.5. The van der Waals surface area contributed by atoms with Gasteiger partial charge in [-0.05, 0) is 66.3 Å². The lowest BCUT2D eigenvalue weighted by Gasteiger charge is -2.15. The van der Waals surface area contributed by atoms with Crippen LogP contribution in [0.1, 0.15) is 31.2 Å². The third-order valence-electron chi connectivity index (χ3n) is 8.53. The summed E-state index contributed by atoms with van der Waals surface area (Å²) in [5, 5.41) is 14.1. The number of alkyl carbamates (subject to hydrolysis) is 1. The van der Waals surface area contributed by atoms with Crippen LogP contribution in [-0.4, -0.2) is 150 Å². The Labute approximate surface area is 321 Å². The second-order valence-corrected chi connectivity index (χ2v) is 14.1. The molecular formula is C33H52Br2N6O11. The Morgan fingerprint density at radius 1 is 0.846 bits per heavy atom. The zero-order valence-electron chi connectivity index (χ0n) is 30.0. The van der Waals surface area contributed by atoms with Crippen molar-refractivity contribution in [2.75, 3.05) is 106 Å². The molecule has 294 valence electrons. The number of amides is 4. The molecule has 1 fully saturated rings. The van der Waals surface area contributed by atoms with Gasteiger partial charge in [0.15, 0.2) is 0 Å². The van der Waals surface area contributed by atoms with E-state index in [1.165, 1.54) is 5.69 Å². The van der Waals surface area contributed by atoms with E-state index in [0.29, 0.717) is 114 Å². The molecule has 0 saturated heterocycles. The number of aryl methyl sites for hydroxylation is 1. The number of allylic oxidation sites excluding steroid dienone is 1. The van der Waals surface area contributed by atoms with Gasteiger partial charge in [-0.1, -0.05) is 21.1 Å². The van der Waals surface area contributed by atoms with Gasteiger partial charge in [-0.2, -0.15) is 0 Å². The number of nitrogens with one attached hydrogen (secondary N) is 2. The number of methoxy groups -OCH3 is 1. The fourth-order valence-electron chi connectivity index (χ4n) is 5.76. The Hall–Kier alpha value is -2.52. The van der Waals surface area contributed by atoms with Crippen molar-refractivity contribution in [2.45, 2.75) is 39.2 Å². The Balaban J connectivity index is 1.16. The molecule has 4 amide bonds. The summed E-state index contributed by atoms with van der Waals surface area (Å²) in [6, 6.07) is 0. The largest absolute Gasteiger partial charge is 0.449 e. The molecule has 0 aliphatic heterocycles. The van der Waals surface area contributed by atoms with E-state index in [1.54, 1.807) is 14.0 Å². The van der Waals surface area contributed by atoms with E-state index >= 15 is 0 Å². The van der Waals surface area contributed by atoms with E-state index in [-0.39, 0.29) is 17.6 Å². The van der Waals surface area contributed by atoms with E-state index in [2.05, 4.69) is 52.8 Å². The SMILES string of the molecule is COCCOCCOCCOCCn1nnc2c1CCC1C(CC2)C1COC(=O)NCCOCCOCCNC(=O)CN(C=O)C(=O)/C(Br)=C(\C)Br. The van der Waals surface area contributed by atoms with Crippen molar-refractivity contribution in [3.05, 3.63) is 20.4 Å². The van der Waals surface area contributed by atoms with Crippen molar-refractivity contribution in [1.82, 2.24) is 30.5 Å². The van der Waals surface area contributed by atoms with Gasteiger partial charge in [0.25, 0.3) is 5.91 Å². The van der Waals surface area contributed by atoms with E-state index in [0.717, 1.165) is 36.3 Å². The van der Waals surface area contributed by atoms with Gasteiger partial charge in [0.1, 0.15) is 6.54 Å². The number of nitrogens with zero attached hydrogens (tertiary/aromatic N) is 4. The molecule has 1 aromatic heterocycles. The van der Waals surface area contributed by atoms with Gasteiger partial charge < -0.3 is 43.8 Å². The monoisotopic (exact) mass is 866 g/mol. The highest BCUT2D eigenvalue weighted by molar-refractivity contribution is 9.14. The molecule has 3 unspecified atom stereocenters. The summed E-state index contributed by atoms with van der Waals surface area (Å²) < 4.78 is 40.6. The van der Waals surface area contributed by atoms with Crippen LogP contribution in [0.3, 0.4) is 0 Å². The summed E-state index contributed by atoms with van der Waals surface area (Å²) in [6.45, 7) is 7.63. The second kappa shape index (κ2) is 25.5. The number of ether oxygens (including phenoxy) is 7. The number of rotatable bonds is 27. The predicted molar refractivity (Wildman–Crippen MR) is 194 cm³/mol. The molecule has 0 bridgehead atoms. The van der Waals surface area contributed by atoms with Crippen LogP contribution >= 0.6 is 31.9 Å². The third kappa shape index (κ3) is 16.2. The smallest absolute Gasteiger partial charge is 0.407 e. The summed E-state index contributed by atoms with van der Waals surface area (Å²) in [6.07, 6.45) is 3.62. The first kappa shape index (κ1) is 43.9. The van der Waals surface area contributed by atoms with E-state index in [9.17, 15) is 19.2 Å². The van der Waals surface area contributed by atoms with Gasteiger partial charge in [-0.25, -0.2) is 9.48 Å². The number of hydrogen-bond donors (Lipinski definition) is 2. The maximum absolute atomic E-state index is 12.2. The second-order valence-electron chi connectivity index (χ2n) is 12.1. The highest BCUT2D eigenvalue weighted by Gasteiger charge is 2.50. The van der Waals surface area contributed by atoms with Gasteiger partial charge in [0.05, 0.1) is 102 Å². The van der Waals surface area contributed by atoms with Crippen LogP contribution < -0.4 is 10.6 Å². The molecule has 19 heteroatoms. The number of aromatic nitrogens is 3. The molecule has 3 atom stereocenters. The molecule has 52 heavy (non-hydrogen) atoms. The first-order valence-corrected chi connectivity index (χ1v) is 19.1. The normalized spacial score (nSPS) is 18.3. The fourth-order valence-corrected chi connectivity index (χ4v) is 6.16. The fraction of sp³-hybridized carbons (Fsp3) is 0.758. The highest BCUT2D eigenvalue weighted by Crippen LogP contribution is 2.52. The standard InChI is InChI=1S/C33H52Br2N6O11/c1-24(34)31(35)32(44)40(23-42)21-30(43)36-7-10-47-15-16-48-11-8-37-33(45)52-22-27-25-3-5-28-29(6-4-26(25)27)41(39-38-28)9-12-49-17-18-51-20-19-50-14-13-46-2/h23,25-27H,3-22H2,1-2H3,(H,36,43)(H,37,45)/b31-24-. The number of carbonyl (C=O) groups excluding carboxylic acids is 4. The van der Waals surface area contributed by atoms with E-state index in [1.807, 2.05) is 4.68 Å². The quantitative estimate of drug-likeness (QED) is 0.0738. The number of imide groups is 1. The van der Waals surface area contributed by atoms with Crippen LogP contribution in [-0.2, 0) is 66.9 Å². The Morgan fingerprint density at radius 2 is 1.42 bits per heavy atom. The zero-order chi connectivity index (χ0) is 37.6. The number of hydrogen-bond acceptors (Lipinski definition) is 13. The van der Waals surface area contributed by atoms with Crippen molar-refractivity contribution in [3.63, 3.8) is 0 Å². The van der Waals surface area contributed by atoms with Gasteiger partial charge in [0, 0.05) is 24.7 Å². The summed E-state index contributed by atoms with van der Waals surface area (Å²) in [5.74, 6) is 0.288. The highest BCUT2D eigenvalue weighted by atomic mass is 79.9. The van der Waals surface area contributed by atoms with Crippen LogP contribution in [0.4, 0.5) is 4.79 Å².